The maximum Gasteiger partial charge on any atom is 0.255 e. The number of hydrogen-bond acceptors (Lipinski definition) is 7. The molecule has 0 radical (unpaired) electrons. The minimum atomic E-state index is 0.00258. The van der Waals surface area contributed by atoms with Crippen LogP contribution >= 0.6 is 11.3 Å². The third-order valence-corrected chi connectivity index (χ3v) is 5.54. The standard InChI is InChI=1S/C21H24N4O3S/c1-14(2)27-18-6-5-16(11-22-18)21(26)25-8-3-4-15(12-25)10-19-23-20(24-28-19)17-7-9-29-13-17/h5-7,9,11,13-15H,3-4,8,10,12H2,1-2H3. The van der Waals surface area contributed by atoms with Crippen LogP contribution in [0.3, 0.4) is 0 Å². The summed E-state index contributed by atoms with van der Waals surface area (Å²) >= 11 is 1.61. The van der Waals surface area contributed by atoms with Crippen LogP contribution in [0, 0.1) is 5.92 Å². The molecule has 0 bridgehead atoms. The predicted molar refractivity (Wildman–Crippen MR) is 110 cm³/mol. The summed E-state index contributed by atoms with van der Waals surface area (Å²) in [5.74, 6) is 2.09. The number of likely N-dealkylation sites (tertiary alicyclic amines) is 1. The van der Waals surface area contributed by atoms with Gasteiger partial charge in [0.15, 0.2) is 0 Å². The van der Waals surface area contributed by atoms with Gasteiger partial charge in [-0.2, -0.15) is 16.3 Å². The molecule has 1 aliphatic rings. The second-order valence-electron chi connectivity index (χ2n) is 7.54. The van der Waals surface area contributed by atoms with E-state index in [0.29, 0.717) is 42.0 Å². The van der Waals surface area contributed by atoms with Crippen molar-refractivity contribution in [2.75, 3.05) is 13.1 Å². The fraction of sp³-hybridized carbons (Fsp3) is 0.429. The SMILES string of the molecule is CC(C)Oc1ccc(C(=O)N2CCCC(Cc3nc(-c4ccsc4)no3)C2)cn1. The van der Waals surface area contributed by atoms with Gasteiger partial charge in [0.2, 0.25) is 17.6 Å². The number of pyridine rings is 1. The monoisotopic (exact) mass is 412 g/mol. The number of piperidine rings is 1. The van der Waals surface area contributed by atoms with E-state index in [4.69, 9.17) is 9.26 Å². The van der Waals surface area contributed by atoms with E-state index in [1.165, 1.54) is 0 Å². The predicted octanol–water partition coefficient (Wildman–Crippen LogP) is 4.08. The summed E-state index contributed by atoms with van der Waals surface area (Å²) in [6.07, 6.45) is 4.33. The second kappa shape index (κ2) is 8.73. The zero-order chi connectivity index (χ0) is 20.2. The molecule has 1 atom stereocenters. The lowest BCUT2D eigenvalue weighted by atomic mass is 9.94. The van der Waals surface area contributed by atoms with Gasteiger partial charge in [-0.05, 0) is 50.1 Å². The smallest absolute Gasteiger partial charge is 0.255 e. The van der Waals surface area contributed by atoms with Gasteiger partial charge in [-0.3, -0.25) is 4.79 Å². The molecule has 29 heavy (non-hydrogen) atoms. The Labute approximate surface area is 173 Å². The molecule has 0 spiro atoms. The van der Waals surface area contributed by atoms with Gasteiger partial charge in [0.1, 0.15) is 0 Å². The van der Waals surface area contributed by atoms with Gasteiger partial charge in [0, 0.05) is 42.7 Å². The second-order valence-corrected chi connectivity index (χ2v) is 8.32. The molecule has 152 valence electrons. The van der Waals surface area contributed by atoms with Crippen LogP contribution in [-0.2, 0) is 6.42 Å². The summed E-state index contributed by atoms with van der Waals surface area (Å²) < 4.78 is 11.0. The van der Waals surface area contributed by atoms with E-state index >= 15 is 0 Å². The molecule has 0 N–H and O–H groups in total. The van der Waals surface area contributed by atoms with Crippen LogP contribution < -0.4 is 4.74 Å². The molecule has 3 aromatic heterocycles. The van der Waals surface area contributed by atoms with E-state index < -0.39 is 0 Å². The first kappa shape index (κ1) is 19.6. The van der Waals surface area contributed by atoms with Crippen molar-refractivity contribution < 1.29 is 14.1 Å². The maximum atomic E-state index is 12.9. The first-order valence-corrected chi connectivity index (χ1v) is 10.8. The van der Waals surface area contributed by atoms with E-state index in [-0.39, 0.29) is 12.0 Å². The van der Waals surface area contributed by atoms with Crippen molar-refractivity contribution in [2.45, 2.75) is 39.2 Å². The average Bonchev–Trinajstić information content (AvgIpc) is 3.40. The maximum absolute atomic E-state index is 12.9. The molecule has 3 aromatic rings. The van der Waals surface area contributed by atoms with E-state index in [9.17, 15) is 4.79 Å². The third-order valence-electron chi connectivity index (χ3n) is 4.86. The van der Waals surface area contributed by atoms with E-state index in [2.05, 4.69) is 15.1 Å². The topological polar surface area (TPSA) is 81.4 Å². The Bertz CT molecular complexity index is 937. The van der Waals surface area contributed by atoms with Crippen molar-refractivity contribution in [1.29, 1.82) is 0 Å². The van der Waals surface area contributed by atoms with Crippen LogP contribution in [-0.4, -0.2) is 45.1 Å². The highest BCUT2D eigenvalue weighted by atomic mass is 32.1. The fourth-order valence-corrected chi connectivity index (χ4v) is 4.14. The van der Waals surface area contributed by atoms with Gasteiger partial charge in [-0.25, -0.2) is 4.98 Å². The summed E-state index contributed by atoms with van der Waals surface area (Å²) in [4.78, 5) is 23.5. The number of carbonyl (C=O) groups is 1. The lowest BCUT2D eigenvalue weighted by Gasteiger charge is -2.32. The lowest BCUT2D eigenvalue weighted by molar-refractivity contribution is 0.0667. The van der Waals surface area contributed by atoms with E-state index in [1.54, 1.807) is 29.7 Å². The Morgan fingerprint density at radius 2 is 2.28 bits per heavy atom. The minimum absolute atomic E-state index is 0.00258. The molecule has 0 aliphatic carbocycles. The molecule has 8 heteroatoms. The normalized spacial score (nSPS) is 16.9. The van der Waals surface area contributed by atoms with Crippen molar-refractivity contribution in [3.05, 3.63) is 46.6 Å². The van der Waals surface area contributed by atoms with Gasteiger partial charge in [0.25, 0.3) is 5.91 Å². The highest BCUT2D eigenvalue weighted by Gasteiger charge is 2.26. The molecule has 1 amide bonds. The molecule has 7 nitrogen and oxygen atoms in total. The average molecular weight is 413 g/mol. The van der Waals surface area contributed by atoms with Gasteiger partial charge in [0.05, 0.1) is 11.7 Å². The summed E-state index contributed by atoms with van der Waals surface area (Å²) in [5, 5.41) is 8.07. The Balaban J connectivity index is 1.37. The van der Waals surface area contributed by atoms with Crippen molar-refractivity contribution in [3.63, 3.8) is 0 Å². The Morgan fingerprint density at radius 3 is 3.00 bits per heavy atom. The number of aromatic nitrogens is 3. The molecule has 4 rings (SSSR count). The quantitative estimate of drug-likeness (QED) is 0.607. The molecular weight excluding hydrogens is 388 g/mol. The summed E-state index contributed by atoms with van der Waals surface area (Å²) in [6, 6.07) is 5.51. The first-order valence-electron chi connectivity index (χ1n) is 9.85. The molecule has 0 saturated carbocycles. The van der Waals surface area contributed by atoms with Gasteiger partial charge < -0.3 is 14.2 Å². The summed E-state index contributed by atoms with van der Waals surface area (Å²) in [7, 11) is 0. The lowest BCUT2D eigenvalue weighted by Crippen LogP contribution is -2.40. The Kier molecular flexibility index (Phi) is 5.89. The van der Waals surface area contributed by atoms with Crippen LogP contribution in [0.2, 0.25) is 0 Å². The van der Waals surface area contributed by atoms with Crippen molar-refractivity contribution in [3.8, 4) is 17.3 Å². The van der Waals surface area contributed by atoms with Crippen LogP contribution in [0.1, 0.15) is 42.9 Å². The summed E-state index contributed by atoms with van der Waals surface area (Å²) in [6.45, 7) is 5.32. The summed E-state index contributed by atoms with van der Waals surface area (Å²) in [5.41, 5.74) is 1.56. The van der Waals surface area contributed by atoms with Gasteiger partial charge in [-0.15, -0.1) is 0 Å². The highest BCUT2D eigenvalue weighted by Crippen LogP contribution is 2.24. The molecule has 1 saturated heterocycles. The first-order chi connectivity index (χ1) is 14.1. The van der Waals surface area contributed by atoms with Gasteiger partial charge >= 0.3 is 0 Å². The van der Waals surface area contributed by atoms with Crippen molar-refractivity contribution in [2.24, 2.45) is 5.92 Å². The van der Waals surface area contributed by atoms with Crippen LogP contribution in [0.25, 0.3) is 11.4 Å². The largest absolute Gasteiger partial charge is 0.475 e. The van der Waals surface area contributed by atoms with Crippen molar-refractivity contribution >= 4 is 17.2 Å². The van der Waals surface area contributed by atoms with Crippen LogP contribution in [0.15, 0.2) is 39.7 Å². The number of hydrogen-bond donors (Lipinski definition) is 0. The third kappa shape index (κ3) is 4.82. The zero-order valence-corrected chi connectivity index (χ0v) is 17.4. The van der Waals surface area contributed by atoms with E-state index in [0.717, 1.165) is 24.9 Å². The number of carbonyl (C=O) groups excluding carboxylic acids is 1. The van der Waals surface area contributed by atoms with Crippen molar-refractivity contribution in [1.82, 2.24) is 20.0 Å². The highest BCUT2D eigenvalue weighted by molar-refractivity contribution is 7.08. The fourth-order valence-electron chi connectivity index (χ4n) is 3.51. The number of nitrogens with zero attached hydrogens (tertiary/aromatic N) is 4. The van der Waals surface area contributed by atoms with Crippen LogP contribution in [0.4, 0.5) is 0 Å². The Hall–Kier alpha value is -2.74. The number of ether oxygens (including phenoxy) is 1. The molecule has 1 aliphatic heterocycles. The molecule has 1 unspecified atom stereocenters. The number of thiophene rings is 1. The molecule has 4 heterocycles. The van der Waals surface area contributed by atoms with Gasteiger partial charge in [-0.1, -0.05) is 5.16 Å². The Morgan fingerprint density at radius 1 is 1.38 bits per heavy atom. The zero-order valence-electron chi connectivity index (χ0n) is 16.6. The van der Waals surface area contributed by atoms with Crippen LogP contribution in [0.5, 0.6) is 5.88 Å². The van der Waals surface area contributed by atoms with E-state index in [1.807, 2.05) is 35.6 Å². The minimum Gasteiger partial charge on any atom is -0.475 e. The molecule has 1 fully saturated rings. The molecule has 0 aromatic carbocycles. The number of rotatable bonds is 6. The molecular formula is C21H24N4O3S. The number of amides is 1.